The summed E-state index contributed by atoms with van der Waals surface area (Å²) in [5, 5.41) is 9.87. The number of hydrogen-bond donors (Lipinski definition) is 2. The average Bonchev–Trinajstić information content (AvgIpc) is 2.81. The van der Waals surface area contributed by atoms with Crippen LogP contribution < -0.4 is 15.8 Å². The van der Waals surface area contributed by atoms with Crippen molar-refractivity contribution in [2.75, 3.05) is 18.2 Å². The molecule has 0 aliphatic heterocycles. The van der Waals surface area contributed by atoms with E-state index in [1.807, 2.05) is 0 Å². The second-order valence-electron chi connectivity index (χ2n) is 3.08. The van der Waals surface area contributed by atoms with Gasteiger partial charge in [-0.3, -0.25) is 10.1 Å². The Hall–Kier alpha value is -2.22. The molecule has 1 aromatic heterocycles. The van der Waals surface area contributed by atoms with Crippen molar-refractivity contribution in [3.8, 4) is 5.75 Å². The van der Waals surface area contributed by atoms with E-state index in [1.54, 1.807) is 12.1 Å². The van der Waals surface area contributed by atoms with Gasteiger partial charge in [0.1, 0.15) is 5.75 Å². The predicted octanol–water partition coefficient (Wildman–Crippen LogP) is 0.776. The minimum absolute atomic E-state index is 0.321. The van der Waals surface area contributed by atoms with Crippen molar-refractivity contribution >= 4 is 28.3 Å². The number of ether oxygens (including phenoxy) is 1. The first kappa shape index (κ1) is 11.3. The molecular weight excluding hydrogens is 242 g/mol. The fourth-order valence-electron chi connectivity index (χ4n) is 1.23. The van der Waals surface area contributed by atoms with Crippen LogP contribution in [0.3, 0.4) is 0 Å². The van der Waals surface area contributed by atoms with E-state index in [0.29, 0.717) is 22.1 Å². The summed E-state index contributed by atoms with van der Waals surface area (Å²) in [6.45, 7) is 0. The molecule has 17 heavy (non-hydrogen) atoms. The molecule has 0 aliphatic carbocycles. The third-order valence-electron chi connectivity index (χ3n) is 2.01. The van der Waals surface area contributed by atoms with Crippen molar-refractivity contribution in [2.24, 2.45) is 0 Å². The van der Waals surface area contributed by atoms with Crippen LogP contribution in [0.25, 0.3) is 0 Å². The van der Waals surface area contributed by atoms with E-state index in [0.717, 1.165) is 11.5 Å². The van der Waals surface area contributed by atoms with Crippen LogP contribution in [0.2, 0.25) is 0 Å². The highest BCUT2D eigenvalue weighted by Gasteiger charge is 2.10. The van der Waals surface area contributed by atoms with Crippen LogP contribution in [0.5, 0.6) is 5.75 Å². The summed E-state index contributed by atoms with van der Waals surface area (Å²) in [6, 6.07) is 4.77. The van der Waals surface area contributed by atoms with Crippen LogP contribution in [0.15, 0.2) is 18.2 Å². The lowest BCUT2D eigenvalue weighted by molar-refractivity contribution is 0.102. The lowest BCUT2D eigenvalue weighted by Gasteiger charge is -2.06. The number of amides is 1. The van der Waals surface area contributed by atoms with Crippen molar-refractivity contribution in [1.29, 1.82) is 0 Å². The predicted molar refractivity (Wildman–Crippen MR) is 63.1 cm³/mol. The first-order valence-corrected chi connectivity index (χ1v) is 5.38. The number of carbonyl (C=O) groups excluding carboxylic acids is 1. The van der Waals surface area contributed by atoms with Gasteiger partial charge in [-0.25, -0.2) is 0 Å². The molecule has 3 N–H and O–H groups in total. The first-order chi connectivity index (χ1) is 8.20. The fraction of sp³-hybridized carbons (Fsp3) is 0.111. The highest BCUT2D eigenvalue weighted by atomic mass is 32.1. The third kappa shape index (κ3) is 2.48. The molecule has 1 amide bonds. The molecule has 0 radical (unpaired) electrons. The first-order valence-electron chi connectivity index (χ1n) is 4.60. The maximum absolute atomic E-state index is 11.8. The molecule has 88 valence electrons. The number of anilines is 2. The van der Waals surface area contributed by atoms with Gasteiger partial charge in [0.15, 0.2) is 0 Å². The van der Waals surface area contributed by atoms with Gasteiger partial charge in [-0.2, -0.15) is 0 Å². The molecule has 0 saturated carbocycles. The number of nitrogens with two attached hydrogens (primary N) is 1. The van der Waals surface area contributed by atoms with Crippen molar-refractivity contribution in [2.45, 2.75) is 0 Å². The molecule has 1 aromatic carbocycles. The molecule has 0 aliphatic rings. The van der Waals surface area contributed by atoms with Gasteiger partial charge in [0.25, 0.3) is 5.91 Å². The van der Waals surface area contributed by atoms with Gasteiger partial charge in [0, 0.05) is 17.1 Å². The SMILES string of the molecule is COc1ccc(C(=O)Nc2nnns2)cc1N. The summed E-state index contributed by atoms with van der Waals surface area (Å²) >= 11 is 0.998. The van der Waals surface area contributed by atoms with Gasteiger partial charge >= 0.3 is 0 Å². The number of hydrogen-bond acceptors (Lipinski definition) is 7. The lowest BCUT2D eigenvalue weighted by Crippen LogP contribution is -2.12. The van der Waals surface area contributed by atoms with Gasteiger partial charge in [0.05, 0.1) is 12.8 Å². The van der Waals surface area contributed by atoms with E-state index in [4.69, 9.17) is 10.5 Å². The number of rotatable bonds is 3. The Morgan fingerprint density at radius 1 is 1.53 bits per heavy atom. The Morgan fingerprint density at radius 3 is 2.94 bits per heavy atom. The van der Waals surface area contributed by atoms with E-state index in [-0.39, 0.29) is 5.91 Å². The molecule has 8 heteroatoms. The fourth-order valence-corrected chi connectivity index (χ4v) is 1.59. The van der Waals surface area contributed by atoms with E-state index >= 15 is 0 Å². The second kappa shape index (κ2) is 4.74. The van der Waals surface area contributed by atoms with Crippen molar-refractivity contribution < 1.29 is 9.53 Å². The summed E-state index contributed by atoms with van der Waals surface area (Å²) in [5.41, 5.74) is 6.51. The molecule has 0 saturated heterocycles. The number of nitrogens with zero attached hydrogens (tertiary/aromatic N) is 3. The summed E-state index contributed by atoms with van der Waals surface area (Å²) in [7, 11) is 1.51. The lowest BCUT2D eigenvalue weighted by atomic mass is 10.2. The van der Waals surface area contributed by atoms with E-state index in [1.165, 1.54) is 13.2 Å². The highest BCUT2D eigenvalue weighted by Crippen LogP contribution is 2.22. The summed E-state index contributed by atoms with van der Waals surface area (Å²) in [6.07, 6.45) is 0. The molecule has 0 spiro atoms. The van der Waals surface area contributed by atoms with Crippen molar-refractivity contribution in [1.82, 2.24) is 14.8 Å². The van der Waals surface area contributed by atoms with Gasteiger partial charge in [0.2, 0.25) is 5.13 Å². The zero-order valence-corrected chi connectivity index (χ0v) is 9.69. The summed E-state index contributed by atoms with van der Waals surface area (Å²) in [5.74, 6) is 0.206. The Morgan fingerprint density at radius 2 is 2.35 bits per heavy atom. The normalized spacial score (nSPS) is 9.94. The molecule has 0 bridgehead atoms. The largest absolute Gasteiger partial charge is 0.495 e. The summed E-state index contributed by atoms with van der Waals surface area (Å²) in [4.78, 5) is 11.8. The Balaban J connectivity index is 2.17. The number of methoxy groups -OCH3 is 1. The number of nitrogens with one attached hydrogen (secondary N) is 1. The zero-order valence-electron chi connectivity index (χ0n) is 8.88. The second-order valence-corrected chi connectivity index (χ2v) is 3.81. The summed E-state index contributed by atoms with van der Waals surface area (Å²) < 4.78 is 8.53. The van der Waals surface area contributed by atoms with Gasteiger partial charge in [-0.05, 0) is 23.4 Å². The average molecular weight is 251 g/mol. The van der Waals surface area contributed by atoms with Crippen LogP contribution in [0, 0.1) is 0 Å². The number of carbonyl (C=O) groups is 1. The van der Waals surface area contributed by atoms with Gasteiger partial charge in [-0.1, -0.05) is 9.59 Å². The monoisotopic (exact) mass is 251 g/mol. The maximum Gasteiger partial charge on any atom is 0.257 e. The molecule has 2 rings (SSSR count). The maximum atomic E-state index is 11.8. The molecular formula is C9H9N5O2S. The third-order valence-corrected chi connectivity index (χ3v) is 2.52. The highest BCUT2D eigenvalue weighted by molar-refractivity contribution is 7.09. The Bertz CT molecular complexity index is 528. The van der Waals surface area contributed by atoms with Crippen LogP contribution in [-0.4, -0.2) is 27.8 Å². The quantitative estimate of drug-likeness (QED) is 0.781. The van der Waals surface area contributed by atoms with Crippen molar-refractivity contribution in [3.05, 3.63) is 23.8 Å². The smallest absolute Gasteiger partial charge is 0.257 e. The number of aromatic nitrogens is 3. The number of benzene rings is 1. The molecule has 0 atom stereocenters. The minimum atomic E-state index is -0.321. The molecule has 0 unspecified atom stereocenters. The van der Waals surface area contributed by atoms with Crippen LogP contribution in [0.1, 0.15) is 10.4 Å². The Kier molecular flexibility index (Phi) is 3.15. The molecule has 2 aromatic rings. The standard InChI is InChI=1S/C9H9N5O2S/c1-16-7-3-2-5(4-6(7)10)8(15)11-9-12-13-14-17-9/h2-4H,10H2,1H3,(H,11,12,14,15). The minimum Gasteiger partial charge on any atom is -0.495 e. The van der Waals surface area contributed by atoms with Gasteiger partial charge in [-0.15, -0.1) is 0 Å². The van der Waals surface area contributed by atoms with Gasteiger partial charge < -0.3 is 10.5 Å². The van der Waals surface area contributed by atoms with E-state index in [9.17, 15) is 4.79 Å². The van der Waals surface area contributed by atoms with Crippen LogP contribution >= 0.6 is 11.5 Å². The van der Waals surface area contributed by atoms with Crippen LogP contribution in [0.4, 0.5) is 10.8 Å². The molecule has 7 nitrogen and oxygen atoms in total. The number of nitrogen functional groups attached to an aromatic ring is 1. The zero-order chi connectivity index (χ0) is 12.3. The molecule has 1 heterocycles. The Labute approximate surface area is 101 Å². The van der Waals surface area contributed by atoms with Crippen LogP contribution in [-0.2, 0) is 0 Å². The topological polar surface area (TPSA) is 103 Å². The van der Waals surface area contributed by atoms with Crippen molar-refractivity contribution in [3.63, 3.8) is 0 Å². The van der Waals surface area contributed by atoms with E-state index < -0.39 is 0 Å². The molecule has 0 fully saturated rings. The van der Waals surface area contributed by atoms with E-state index in [2.05, 4.69) is 20.1 Å².